The molecule has 0 aromatic heterocycles. The fourth-order valence-corrected chi connectivity index (χ4v) is 1.89. The molecule has 0 saturated carbocycles. The maximum absolute atomic E-state index is 11.6. The molecule has 1 fully saturated rings. The lowest BCUT2D eigenvalue weighted by Crippen LogP contribution is -2.70. The number of rotatable bonds is 5. The van der Waals surface area contributed by atoms with E-state index >= 15 is 0 Å². The normalized spacial score (nSPS) is 21.6. The van der Waals surface area contributed by atoms with Crippen molar-refractivity contribution >= 4 is 5.91 Å². The first-order valence-corrected chi connectivity index (χ1v) is 6.18. The van der Waals surface area contributed by atoms with E-state index in [2.05, 4.69) is 31.0 Å². The van der Waals surface area contributed by atoms with Gasteiger partial charge in [-0.3, -0.25) is 9.69 Å². The van der Waals surface area contributed by atoms with E-state index in [1.807, 2.05) is 6.92 Å². The Morgan fingerprint density at radius 2 is 2.00 bits per heavy atom. The van der Waals surface area contributed by atoms with Crippen LogP contribution in [0.5, 0.6) is 0 Å². The number of nitrogens with zero attached hydrogens (tertiary/aromatic N) is 1. The van der Waals surface area contributed by atoms with Gasteiger partial charge >= 0.3 is 0 Å². The van der Waals surface area contributed by atoms with Crippen molar-refractivity contribution in [1.29, 1.82) is 0 Å². The van der Waals surface area contributed by atoms with Gasteiger partial charge in [0.05, 0.1) is 6.54 Å². The Morgan fingerprint density at radius 1 is 1.44 bits per heavy atom. The van der Waals surface area contributed by atoms with Gasteiger partial charge in [0, 0.05) is 24.7 Å². The van der Waals surface area contributed by atoms with Crippen molar-refractivity contribution in [3.63, 3.8) is 0 Å². The minimum absolute atomic E-state index is 0.0867. The molecule has 1 aliphatic rings. The number of amides is 1. The van der Waals surface area contributed by atoms with E-state index in [0.717, 1.165) is 19.5 Å². The summed E-state index contributed by atoms with van der Waals surface area (Å²) in [5, 5.41) is 2.96. The molecule has 0 bridgehead atoms. The minimum Gasteiger partial charge on any atom is -0.353 e. The van der Waals surface area contributed by atoms with Gasteiger partial charge in [0.1, 0.15) is 0 Å². The van der Waals surface area contributed by atoms with Gasteiger partial charge in [-0.15, -0.1) is 0 Å². The number of likely N-dealkylation sites (tertiary alicyclic amines) is 1. The summed E-state index contributed by atoms with van der Waals surface area (Å²) in [5.74, 6) is 0.585. The summed E-state index contributed by atoms with van der Waals surface area (Å²) in [7, 11) is 0. The molecule has 16 heavy (non-hydrogen) atoms. The van der Waals surface area contributed by atoms with E-state index in [1.165, 1.54) is 0 Å². The Morgan fingerprint density at radius 3 is 2.44 bits per heavy atom. The highest BCUT2D eigenvalue weighted by molar-refractivity contribution is 5.78. The molecule has 1 unspecified atom stereocenters. The molecule has 1 saturated heterocycles. The lowest BCUT2D eigenvalue weighted by Gasteiger charge is -2.50. The lowest BCUT2D eigenvalue weighted by molar-refractivity contribution is -0.125. The van der Waals surface area contributed by atoms with Gasteiger partial charge in [0.15, 0.2) is 0 Å². The lowest BCUT2D eigenvalue weighted by atomic mass is 9.80. The van der Waals surface area contributed by atoms with Crippen molar-refractivity contribution in [2.45, 2.75) is 45.7 Å². The molecule has 0 spiro atoms. The Hall–Kier alpha value is -0.610. The Balaban J connectivity index is 2.24. The van der Waals surface area contributed by atoms with Crippen LogP contribution >= 0.6 is 0 Å². The molecule has 4 nitrogen and oxygen atoms in total. The van der Waals surface area contributed by atoms with Crippen LogP contribution in [0.15, 0.2) is 0 Å². The largest absolute Gasteiger partial charge is 0.353 e. The molecule has 94 valence electrons. The molecular formula is C12H25N3O. The van der Waals surface area contributed by atoms with Crippen molar-refractivity contribution in [2.75, 3.05) is 19.6 Å². The third kappa shape index (κ3) is 3.19. The van der Waals surface area contributed by atoms with E-state index in [4.69, 9.17) is 5.73 Å². The molecule has 3 N–H and O–H groups in total. The van der Waals surface area contributed by atoms with Gasteiger partial charge in [-0.2, -0.15) is 0 Å². The number of hydrogen-bond donors (Lipinski definition) is 2. The highest BCUT2D eigenvalue weighted by Gasteiger charge is 2.42. The van der Waals surface area contributed by atoms with Gasteiger partial charge < -0.3 is 11.1 Å². The molecule has 1 rings (SSSR count). The molecule has 1 amide bonds. The van der Waals surface area contributed by atoms with Crippen LogP contribution in [0.25, 0.3) is 0 Å². The minimum atomic E-state index is -0.0867. The fourth-order valence-electron chi connectivity index (χ4n) is 1.89. The number of nitrogens with one attached hydrogen (secondary N) is 1. The van der Waals surface area contributed by atoms with Crippen molar-refractivity contribution < 1.29 is 4.79 Å². The standard InChI is InChI=1S/C12H25N3O/c1-5-10(4)14-11(16)6-15-7-12(13,8-15)9(2)3/h9-10H,5-8,13H2,1-4H3,(H,14,16). The monoisotopic (exact) mass is 227 g/mol. The SMILES string of the molecule is CCC(C)NC(=O)CN1CC(N)(C(C)C)C1. The first kappa shape index (κ1) is 13.5. The first-order valence-electron chi connectivity index (χ1n) is 6.18. The van der Waals surface area contributed by atoms with E-state index in [0.29, 0.717) is 12.5 Å². The Labute approximate surface area is 98.6 Å². The highest BCUT2D eigenvalue weighted by atomic mass is 16.2. The third-order valence-electron chi connectivity index (χ3n) is 3.57. The summed E-state index contributed by atoms with van der Waals surface area (Å²) in [5.41, 5.74) is 6.08. The van der Waals surface area contributed by atoms with Gasteiger partial charge in [-0.25, -0.2) is 0 Å². The molecule has 0 aromatic carbocycles. The molecule has 0 radical (unpaired) electrons. The smallest absolute Gasteiger partial charge is 0.234 e. The van der Waals surface area contributed by atoms with Gasteiger partial charge in [-0.05, 0) is 19.3 Å². The molecule has 0 aromatic rings. The quantitative estimate of drug-likeness (QED) is 0.722. The van der Waals surface area contributed by atoms with Crippen LogP contribution in [-0.4, -0.2) is 42.0 Å². The zero-order valence-electron chi connectivity index (χ0n) is 10.9. The van der Waals surface area contributed by atoms with Crippen LogP contribution in [0.2, 0.25) is 0 Å². The first-order chi connectivity index (χ1) is 7.37. The van der Waals surface area contributed by atoms with Crippen LogP contribution < -0.4 is 11.1 Å². The Kier molecular flexibility index (Phi) is 4.33. The summed E-state index contributed by atoms with van der Waals surface area (Å²) < 4.78 is 0. The maximum atomic E-state index is 11.6. The van der Waals surface area contributed by atoms with E-state index in [1.54, 1.807) is 0 Å². The average molecular weight is 227 g/mol. The predicted molar refractivity (Wildman–Crippen MR) is 66.1 cm³/mol. The van der Waals surface area contributed by atoms with E-state index < -0.39 is 0 Å². The second-order valence-corrected chi connectivity index (χ2v) is 5.41. The van der Waals surface area contributed by atoms with E-state index in [9.17, 15) is 4.79 Å². The molecule has 1 aliphatic heterocycles. The van der Waals surface area contributed by atoms with Crippen molar-refractivity contribution in [2.24, 2.45) is 11.7 Å². The van der Waals surface area contributed by atoms with Crippen molar-refractivity contribution in [1.82, 2.24) is 10.2 Å². The summed E-state index contributed by atoms with van der Waals surface area (Å²) in [6.07, 6.45) is 0.971. The second kappa shape index (κ2) is 5.15. The van der Waals surface area contributed by atoms with E-state index in [-0.39, 0.29) is 17.5 Å². The summed E-state index contributed by atoms with van der Waals surface area (Å²) in [6.45, 7) is 10.5. The van der Waals surface area contributed by atoms with Gasteiger partial charge in [-0.1, -0.05) is 20.8 Å². The average Bonchev–Trinajstić information content (AvgIpc) is 2.14. The van der Waals surface area contributed by atoms with Gasteiger partial charge in [0.25, 0.3) is 0 Å². The van der Waals surface area contributed by atoms with Crippen LogP contribution in [0.4, 0.5) is 0 Å². The highest BCUT2D eigenvalue weighted by Crippen LogP contribution is 2.25. The molecule has 4 heteroatoms. The number of nitrogens with two attached hydrogens (primary N) is 1. The van der Waals surface area contributed by atoms with Crippen LogP contribution in [0.1, 0.15) is 34.1 Å². The Bertz CT molecular complexity index is 247. The number of hydrogen-bond acceptors (Lipinski definition) is 3. The second-order valence-electron chi connectivity index (χ2n) is 5.41. The summed E-state index contributed by atoms with van der Waals surface area (Å²) >= 11 is 0. The summed E-state index contributed by atoms with van der Waals surface area (Å²) in [4.78, 5) is 13.7. The molecule has 1 heterocycles. The molecular weight excluding hydrogens is 202 g/mol. The van der Waals surface area contributed by atoms with Crippen molar-refractivity contribution in [3.05, 3.63) is 0 Å². The fraction of sp³-hybridized carbons (Fsp3) is 0.917. The number of carbonyl (C=O) groups excluding carboxylic acids is 1. The zero-order chi connectivity index (χ0) is 12.3. The molecule has 0 aliphatic carbocycles. The zero-order valence-corrected chi connectivity index (χ0v) is 10.9. The number of carbonyl (C=O) groups is 1. The topological polar surface area (TPSA) is 58.4 Å². The third-order valence-corrected chi connectivity index (χ3v) is 3.57. The maximum Gasteiger partial charge on any atom is 0.234 e. The van der Waals surface area contributed by atoms with Crippen LogP contribution in [-0.2, 0) is 4.79 Å². The van der Waals surface area contributed by atoms with Crippen LogP contribution in [0, 0.1) is 5.92 Å². The molecule has 1 atom stereocenters. The predicted octanol–water partition coefficient (Wildman–Crippen LogP) is 0.570. The van der Waals surface area contributed by atoms with Crippen LogP contribution in [0.3, 0.4) is 0 Å². The van der Waals surface area contributed by atoms with Gasteiger partial charge in [0.2, 0.25) is 5.91 Å². The van der Waals surface area contributed by atoms with Crippen molar-refractivity contribution in [3.8, 4) is 0 Å². The summed E-state index contributed by atoms with van der Waals surface area (Å²) in [6, 6.07) is 0.265.